The van der Waals surface area contributed by atoms with Gasteiger partial charge in [-0.3, -0.25) is 4.79 Å². The van der Waals surface area contributed by atoms with Gasteiger partial charge in [0.15, 0.2) is 0 Å². The van der Waals surface area contributed by atoms with Crippen molar-refractivity contribution in [2.45, 2.75) is 0 Å². The van der Waals surface area contributed by atoms with Crippen LogP contribution in [0.2, 0.25) is 15.1 Å². The standard InChI is InChI=1S/C7H2Cl3O/c8-5-2-7(10)6(9)1-4(5)3-11/h1-2H. The van der Waals surface area contributed by atoms with Crippen molar-refractivity contribution < 1.29 is 4.79 Å². The molecule has 0 aromatic heterocycles. The van der Waals surface area contributed by atoms with E-state index in [9.17, 15) is 4.79 Å². The lowest BCUT2D eigenvalue weighted by Crippen LogP contribution is -1.82. The maximum Gasteiger partial charge on any atom is 0.235 e. The number of halogens is 3. The van der Waals surface area contributed by atoms with Gasteiger partial charge in [-0.15, -0.1) is 0 Å². The van der Waals surface area contributed by atoms with E-state index in [0.29, 0.717) is 10.0 Å². The summed E-state index contributed by atoms with van der Waals surface area (Å²) in [4.78, 5) is 10.2. The Balaban J connectivity index is 3.31. The van der Waals surface area contributed by atoms with Crippen molar-refractivity contribution in [3.05, 3.63) is 32.8 Å². The monoisotopic (exact) mass is 207 g/mol. The van der Waals surface area contributed by atoms with Crippen LogP contribution in [0.1, 0.15) is 5.56 Å². The third kappa shape index (κ3) is 1.86. The lowest BCUT2D eigenvalue weighted by molar-refractivity contribution is 0.563. The van der Waals surface area contributed by atoms with Crippen molar-refractivity contribution in [2.75, 3.05) is 0 Å². The lowest BCUT2D eigenvalue weighted by Gasteiger charge is -1.97. The molecule has 0 unspecified atom stereocenters. The van der Waals surface area contributed by atoms with Gasteiger partial charge < -0.3 is 0 Å². The molecule has 0 aliphatic carbocycles. The summed E-state index contributed by atoms with van der Waals surface area (Å²) in [7, 11) is 0. The Morgan fingerprint density at radius 2 is 1.55 bits per heavy atom. The second-order valence-corrected chi connectivity index (χ2v) is 3.07. The van der Waals surface area contributed by atoms with E-state index in [1.165, 1.54) is 12.1 Å². The summed E-state index contributed by atoms with van der Waals surface area (Å²) in [6.45, 7) is 0. The second-order valence-electron chi connectivity index (χ2n) is 1.85. The Labute approximate surface area is 78.9 Å². The van der Waals surface area contributed by atoms with Crippen LogP contribution in [0.4, 0.5) is 0 Å². The maximum atomic E-state index is 10.2. The van der Waals surface area contributed by atoms with Gasteiger partial charge in [-0.25, -0.2) is 0 Å². The zero-order valence-electron chi connectivity index (χ0n) is 5.20. The van der Waals surface area contributed by atoms with Gasteiger partial charge >= 0.3 is 0 Å². The highest BCUT2D eigenvalue weighted by atomic mass is 35.5. The first-order chi connectivity index (χ1) is 5.15. The van der Waals surface area contributed by atoms with Crippen LogP contribution >= 0.6 is 34.8 Å². The fraction of sp³-hybridized carbons (Fsp3) is 0. The highest BCUT2D eigenvalue weighted by molar-refractivity contribution is 6.43. The number of carbonyl (C=O) groups excluding carboxylic acids is 1. The van der Waals surface area contributed by atoms with Crippen LogP contribution < -0.4 is 0 Å². The molecule has 0 saturated carbocycles. The summed E-state index contributed by atoms with van der Waals surface area (Å²) in [6, 6.07) is 2.78. The fourth-order valence-electron chi connectivity index (χ4n) is 0.601. The van der Waals surface area contributed by atoms with Gasteiger partial charge in [0.2, 0.25) is 6.29 Å². The van der Waals surface area contributed by atoms with Gasteiger partial charge in [-0.1, -0.05) is 34.8 Å². The SMILES string of the molecule is O=[C]c1cc(Cl)c(Cl)cc1Cl. The number of rotatable bonds is 1. The van der Waals surface area contributed by atoms with Crippen molar-refractivity contribution in [3.63, 3.8) is 0 Å². The number of hydrogen-bond donors (Lipinski definition) is 0. The van der Waals surface area contributed by atoms with E-state index in [-0.39, 0.29) is 10.6 Å². The molecule has 0 aliphatic rings. The number of benzene rings is 1. The molecule has 0 heterocycles. The van der Waals surface area contributed by atoms with E-state index >= 15 is 0 Å². The van der Waals surface area contributed by atoms with Crippen LogP contribution in [0.3, 0.4) is 0 Å². The molecule has 0 bridgehead atoms. The quantitative estimate of drug-likeness (QED) is 0.648. The second kappa shape index (κ2) is 3.44. The minimum atomic E-state index is 0.223. The summed E-state index contributed by atoms with van der Waals surface area (Å²) in [5, 5.41) is 0.888. The molecule has 0 aliphatic heterocycles. The van der Waals surface area contributed by atoms with E-state index in [1.807, 2.05) is 0 Å². The Morgan fingerprint density at radius 1 is 1.00 bits per heavy atom. The summed E-state index contributed by atoms with van der Waals surface area (Å²) < 4.78 is 0. The molecule has 57 valence electrons. The lowest BCUT2D eigenvalue weighted by atomic mass is 10.2. The maximum absolute atomic E-state index is 10.2. The molecule has 4 heteroatoms. The summed E-state index contributed by atoms with van der Waals surface area (Å²) in [5.74, 6) is 0. The Morgan fingerprint density at radius 3 is 2.09 bits per heavy atom. The third-order valence-electron chi connectivity index (χ3n) is 1.12. The smallest absolute Gasteiger partial charge is 0.235 e. The average Bonchev–Trinajstić information content (AvgIpc) is 1.97. The van der Waals surface area contributed by atoms with Gasteiger partial charge in [-0.2, -0.15) is 0 Å². The molecule has 0 fully saturated rings. The first-order valence-corrected chi connectivity index (χ1v) is 3.81. The first kappa shape index (κ1) is 8.85. The first-order valence-electron chi connectivity index (χ1n) is 2.68. The molecule has 0 atom stereocenters. The van der Waals surface area contributed by atoms with Crippen molar-refractivity contribution in [1.82, 2.24) is 0 Å². The molecule has 0 saturated heterocycles. The topological polar surface area (TPSA) is 17.1 Å². The number of hydrogen-bond acceptors (Lipinski definition) is 1. The molecule has 1 aromatic carbocycles. The molecule has 1 rings (SSSR count). The van der Waals surface area contributed by atoms with Gasteiger partial charge in [0.1, 0.15) is 0 Å². The van der Waals surface area contributed by atoms with E-state index in [0.717, 1.165) is 0 Å². The summed E-state index contributed by atoms with van der Waals surface area (Å²) >= 11 is 16.8. The van der Waals surface area contributed by atoms with Crippen molar-refractivity contribution >= 4 is 41.1 Å². The minimum absolute atomic E-state index is 0.223. The molecule has 0 amide bonds. The highest BCUT2D eigenvalue weighted by Crippen LogP contribution is 2.27. The molecule has 0 spiro atoms. The van der Waals surface area contributed by atoms with Gasteiger partial charge in [0, 0.05) is 5.56 Å². The Kier molecular flexibility index (Phi) is 2.77. The van der Waals surface area contributed by atoms with Crippen molar-refractivity contribution in [3.8, 4) is 0 Å². The molecule has 11 heavy (non-hydrogen) atoms. The van der Waals surface area contributed by atoms with Crippen LogP contribution in [-0.4, -0.2) is 6.29 Å². The fourth-order valence-corrected chi connectivity index (χ4v) is 1.19. The molecule has 1 aromatic rings. The predicted molar refractivity (Wildman–Crippen MR) is 46.3 cm³/mol. The van der Waals surface area contributed by atoms with Crippen LogP contribution in [-0.2, 0) is 4.79 Å². The Hall–Kier alpha value is -0.240. The summed E-state index contributed by atoms with van der Waals surface area (Å²) in [6.07, 6.45) is 1.64. The van der Waals surface area contributed by atoms with E-state index in [1.54, 1.807) is 6.29 Å². The van der Waals surface area contributed by atoms with Crippen LogP contribution in [0.5, 0.6) is 0 Å². The Bertz CT molecular complexity index is 296. The molecule has 1 radical (unpaired) electrons. The highest BCUT2D eigenvalue weighted by Gasteiger charge is 2.04. The largest absolute Gasteiger partial charge is 0.285 e. The molecule has 1 nitrogen and oxygen atoms in total. The van der Waals surface area contributed by atoms with Crippen molar-refractivity contribution in [1.29, 1.82) is 0 Å². The molecular weight excluding hydrogens is 206 g/mol. The van der Waals surface area contributed by atoms with Gasteiger partial charge in [-0.05, 0) is 12.1 Å². The average molecular weight is 208 g/mol. The van der Waals surface area contributed by atoms with Crippen LogP contribution in [0.25, 0.3) is 0 Å². The van der Waals surface area contributed by atoms with Gasteiger partial charge in [0.05, 0.1) is 15.1 Å². The third-order valence-corrected chi connectivity index (χ3v) is 2.15. The van der Waals surface area contributed by atoms with Crippen molar-refractivity contribution in [2.24, 2.45) is 0 Å². The van der Waals surface area contributed by atoms with E-state index in [2.05, 4.69) is 0 Å². The molecule has 0 N–H and O–H groups in total. The van der Waals surface area contributed by atoms with Crippen LogP contribution in [0, 0.1) is 0 Å². The predicted octanol–water partition coefficient (Wildman–Crippen LogP) is 3.10. The van der Waals surface area contributed by atoms with E-state index < -0.39 is 0 Å². The molecular formula is C7H2Cl3O. The van der Waals surface area contributed by atoms with Gasteiger partial charge in [0.25, 0.3) is 0 Å². The zero-order chi connectivity index (χ0) is 8.43. The summed E-state index contributed by atoms with van der Waals surface area (Å²) in [5.41, 5.74) is 0.223. The van der Waals surface area contributed by atoms with E-state index in [4.69, 9.17) is 34.8 Å². The zero-order valence-corrected chi connectivity index (χ0v) is 7.46. The van der Waals surface area contributed by atoms with Crippen LogP contribution in [0.15, 0.2) is 12.1 Å². The normalized spacial score (nSPS) is 9.73. The minimum Gasteiger partial charge on any atom is -0.285 e.